The Morgan fingerprint density at radius 1 is 1.06 bits per heavy atom. The number of methoxy groups -OCH3 is 1. The molecule has 0 aliphatic heterocycles. The van der Waals surface area contributed by atoms with Crippen molar-refractivity contribution < 1.29 is 14.3 Å². The lowest BCUT2D eigenvalue weighted by molar-refractivity contribution is -0.117. The zero-order valence-corrected chi connectivity index (χ0v) is 19.3. The highest BCUT2D eigenvalue weighted by atomic mass is 32.1. The first-order valence-corrected chi connectivity index (χ1v) is 11.7. The van der Waals surface area contributed by atoms with Crippen LogP contribution in [0.15, 0.2) is 54.6 Å². The molecule has 1 aliphatic carbocycles. The minimum absolute atomic E-state index is 0.00923. The second-order valence-corrected chi connectivity index (χ2v) is 9.29. The zero-order chi connectivity index (χ0) is 22.5. The van der Waals surface area contributed by atoms with Gasteiger partial charge in [0.1, 0.15) is 10.8 Å². The number of aryl methyl sites for hydroxylation is 1. The molecule has 6 heteroatoms. The number of thiophene rings is 1. The minimum Gasteiger partial charge on any atom is -0.497 e. The average molecular weight is 449 g/mol. The van der Waals surface area contributed by atoms with Gasteiger partial charge in [-0.25, -0.2) is 0 Å². The predicted octanol–water partition coefficient (Wildman–Crippen LogP) is 4.94. The first-order valence-electron chi connectivity index (χ1n) is 10.9. The summed E-state index contributed by atoms with van der Waals surface area (Å²) in [6, 6.07) is 17.2. The highest BCUT2D eigenvalue weighted by molar-refractivity contribution is 7.17. The van der Waals surface area contributed by atoms with Crippen LogP contribution < -0.4 is 10.1 Å². The molecule has 3 aromatic rings. The summed E-state index contributed by atoms with van der Waals surface area (Å²) in [6.07, 6.45) is 4.07. The molecule has 5 nitrogen and oxygen atoms in total. The Kier molecular flexibility index (Phi) is 7.02. The van der Waals surface area contributed by atoms with Gasteiger partial charge in [-0.1, -0.05) is 42.5 Å². The van der Waals surface area contributed by atoms with Gasteiger partial charge >= 0.3 is 0 Å². The van der Waals surface area contributed by atoms with E-state index in [9.17, 15) is 9.59 Å². The van der Waals surface area contributed by atoms with E-state index in [0.717, 1.165) is 42.6 Å². The molecule has 0 saturated heterocycles. The number of fused-ring (bicyclic) bond motifs is 1. The second kappa shape index (κ2) is 10.1. The molecule has 2 aromatic carbocycles. The second-order valence-electron chi connectivity index (χ2n) is 8.18. The van der Waals surface area contributed by atoms with Crippen LogP contribution in [0.2, 0.25) is 0 Å². The molecule has 1 amide bonds. The number of hydrogen-bond donors (Lipinski definition) is 1. The normalized spacial score (nSPS) is 13.0. The topological polar surface area (TPSA) is 58.6 Å². The number of carbonyl (C=O) groups excluding carboxylic acids is 2. The number of hydrogen-bond acceptors (Lipinski definition) is 5. The number of nitrogens with zero attached hydrogens (tertiary/aromatic N) is 1. The molecule has 1 heterocycles. The van der Waals surface area contributed by atoms with Gasteiger partial charge in [0.15, 0.2) is 5.78 Å². The molecule has 0 bridgehead atoms. The molecular formula is C26H28N2O3S. The van der Waals surface area contributed by atoms with Crippen molar-refractivity contribution in [2.75, 3.05) is 26.0 Å². The number of nitrogens with one attached hydrogen (secondary N) is 1. The van der Waals surface area contributed by atoms with Gasteiger partial charge in [-0.05, 0) is 56.0 Å². The third kappa shape index (κ3) is 5.09. The molecule has 0 spiro atoms. The van der Waals surface area contributed by atoms with E-state index in [4.69, 9.17) is 4.74 Å². The third-order valence-corrected chi connectivity index (χ3v) is 6.89. The van der Waals surface area contributed by atoms with Crippen molar-refractivity contribution in [2.24, 2.45) is 0 Å². The van der Waals surface area contributed by atoms with E-state index in [1.165, 1.54) is 4.88 Å². The van der Waals surface area contributed by atoms with E-state index in [2.05, 4.69) is 5.32 Å². The van der Waals surface area contributed by atoms with Crippen LogP contribution in [0.5, 0.6) is 5.75 Å². The first-order chi connectivity index (χ1) is 15.5. The fourth-order valence-electron chi connectivity index (χ4n) is 4.18. The van der Waals surface area contributed by atoms with E-state index >= 15 is 0 Å². The summed E-state index contributed by atoms with van der Waals surface area (Å²) >= 11 is 1.56. The van der Waals surface area contributed by atoms with Gasteiger partial charge in [0.25, 0.3) is 0 Å². The summed E-state index contributed by atoms with van der Waals surface area (Å²) in [5.74, 6) is 0.676. The van der Waals surface area contributed by atoms with Crippen molar-refractivity contribution in [1.82, 2.24) is 4.90 Å². The largest absolute Gasteiger partial charge is 0.497 e. The lowest BCUT2D eigenvalue weighted by Crippen LogP contribution is -2.30. The zero-order valence-electron chi connectivity index (χ0n) is 18.5. The van der Waals surface area contributed by atoms with Gasteiger partial charge in [-0.2, -0.15) is 0 Å². The Labute approximate surface area is 193 Å². The molecule has 32 heavy (non-hydrogen) atoms. The van der Waals surface area contributed by atoms with Gasteiger partial charge < -0.3 is 10.1 Å². The maximum Gasteiger partial charge on any atom is 0.239 e. The number of carbonyl (C=O) groups is 2. The number of rotatable bonds is 8. The monoisotopic (exact) mass is 448 g/mol. The van der Waals surface area contributed by atoms with Crippen molar-refractivity contribution >= 4 is 28.0 Å². The molecule has 0 radical (unpaired) electrons. The van der Waals surface area contributed by atoms with Crippen LogP contribution in [0.1, 0.15) is 44.8 Å². The quantitative estimate of drug-likeness (QED) is 0.496. The lowest BCUT2D eigenvalue weighted by Gasteiger charge is -2.17. The number of anilines is 1. The molecule has 1 aliphatic rings. The van der Waals surface area contributed by atoms with E-state index in [1.807, 2.05) is 66.5 Å². The Balaban J connectivity index is 1.50. The van der Waals surface area contributed by atoms with Gasteiger partial charge in [0, 0.05) is 17.0 Å². The highest BCUT2D eigenvalue weighted by Crippen LogP contribution is 2.39. The lowest BCUT2D eigenvalue weighted by atomic mass is 9.92. The number of ether oxygens (including phenoxy) is 1. The maximum atomic E-state index is 13.3. The summed E-state index contributed by atoms with van der Waals surface area (Å²) in [5.41, 5.74) is 3.53. The number of amides is 1. The van der Waals surface area contributed by atoms with Gasteiger partial charge in [0.2, 0.25) is 5.91 Å². The third-order valence-electron chi connectivity index (χ3n) is 5.69. The van der Waals surface area contributed by atoms with E-state index in [-0.39, 0.29) is 18.2 Å². The van der Waals surface area contributed by atoms with Crippen molar-refractivity contribution in [1.29, 1.82) is 0 Å². The summed E-state index contributed by atoms with van der Waals surface area (Å²) in [6.45, 7) is 0.861. The molecule has 1 aromatic heterocycles. The average Bonchev–Trinajstić information content (AvgIpc) is 3.16. The van der Waals surface area contributed by atoms with Crippen molar-refractivity contribution in [3.8, 4) is 5.75 Å². The van der Waals surface area contributed by atoms with Gasteiger partial charge in [-0.15, -0.1) is 11.3 Å². The maximum absolute atomic E-state index is 13.3. The first kappa shape index (κ1) is 22.2. The fourth-order valence-corrected chi connectivity index (χ4v) is 5.48. The van der Waals surface area contributed by atoms with Gasteiger partial charge in [0.05, 0.1) is 19.2 Å². The van der Waals surface area contributed by atoms with Crippen molar-refractivity contribution in [2.45, 2.75) is 32.2 Å². The van der Waals surface area contributed by atoms with Crippen LogP contribution in [0.3, 0.4) is 0 Å². The standard InChI is InChI=1S/C26H28N2O3S/c1-28(16-18-9-8-12-20(15-18)31-2)17-23(29)27-26-24(21-13-6-7-14-22(21)32-26)25(30)19-10-4-3-5-11-19/h3-5,8-12,15H,6-7,13-14,16-17H2,1-2H3,(H,27,29). The molecule has 4 rings (SSSR count). The molecule has 0 atom stereocenters. The Morgan fingerprint density at radius 2 is 1.84 bits per heavy atom. The van der Waals surface area contributed by atoms with Crippen molar-refractivity contribution in [3.05, 3.63) is 81.7 Å². The van der Waals surface area contributed by atoms with Crippen LogP contribution in [0.4, 0.5) is 5.00 Å². The summed E-state index contributed by atoms with van der Waals surface area (Å²) in [4.78, 5) is 29.4. The summed E-state index contributed by atoms with van der Waals surface area (Å²) in [5, 5.41) is 3.74. The fraction of sp³-hybridized carbons (Fsp3) is 0.308. The van der Waals surface area contributed by atoms with Crippen LogP contribution in [0.25, 0.3) is 0 Å². The van der Waals surface area contributed by atoms with Crippen LogP contribution >= 0.6 is 11.3 Å². The minimum atomic E-state index is -0.115. The predicted molar refractivity (Wildman–Crippen MR) is 129 cm³/mol. The number of benzene rings is 2. The smallest absolute Gasteiger partial charge is 0.239 e. The molecule has 166 valence electrons. The van der Waals surface area contributed by atoms with Crippen LogP contribution in [-0.4, -0.2) is 37.3 Å². The Hall–Kier alpha value is -2.96. The van der Waals surface area contributed by atoms with E-state index in [1.54, 1.807) is 18.4 Å². The van der Waals surface area contributed by atoms with Crippen LogP contribution in [0, 0.1) is 0 Å². The Morgan fingerprint density at radius 3 is 2.62 bits per heavy atom. The molecule has 1 N–H and O–H groups in total. The SMILES string of the molecule is COc1cccc(CN(C)CC(=O)Nc2sc3c(c2C(=O)c2ccccc2)CCCC3)c1. The number of likely N-dealkylation sites (N-methyl/N-ethyl adjacent to an activating group) is 1. The van der Waals surface area contributed by atoms with E-state index < -0.39 is 0 Å². The summed E-state index contributed by atoms with van der Waals surface area (Å²) in [7, 11) is 3.56. The van der Waals surface area contributed by atoms with Crippen LogP contribution in [-0.2, 0) is 24.2 Å². The highest BCUT2D eigenvalue weighted by Gasteiger charge is 2.27. The van der Waals surface area contributed by atoms with Gasteiger partial charge in [-0.3, -0.25) is 14.5 Å². The van der Waals surface area contributed by atoms with Crippen molar-refractivity contribution in [3.63, 3.8) is 0 Å². The van der Waals surface area contributed by atoms with E-state index in [0.29, 0.717) is 22.7 Å². The molecule has 0 saturated carbocycles. The molecule has 0 unspecified atom stereocenters. The Bertz CT molecular complexity index is 1110. The number of ketones is 1. The summed E-state index contributed by atoms with van der Waals surface area (Å²) < 4.78 is 5.28. The molecular weight excluding hydrogens is 420 g/mol. The molecule has 0 fully saturated rings.